The van der Waals surface area contributed by atoms with E-state index < -0.39 is 6.03 Å². The van der Waals surface area contributed by atoms with Crippen molar-refractivity contribution < 1.29 is 9.53 Å². The van der Waals surface area contributed by atoms with Crippen LogP contribution in [0.15, 0.2) is 67.0 Å². The number of hydrogen-bond donors (Lipinski definition) is 2. The molecule has 0 unspecified atom stereocenters. The second-order valence-corrected chi connectivity index (χ2v) is 9.76. The number of halogens is 3. The second-order valence-electron chi connectivity index (χ2n) is 8.48. The number of nitrogens with one attached hydrogen (secondary N) is 2. The summed E-state index contributed by atoms with van der Waals surface area (Å²) in [4.78, 5) is 16.9. The lowest BCUT2D eigenvalue weighted by Crippen LogP contribution is -2.21. The predicted octanol–water partition coefficient (Wildman–Crippen LogP) is 8.32. The highest BCUT2D eigenvalue weighted by Gasteiger charge is 2.23. The van der Waals surface area contributed by atoms with Crippen LogP contribution in [0.4, 0.5) is 16.3 Å². The number of aromatic nitrogens is 3. The Labute approximate surface area is 223 Å². The van der Waals surface area contributed by atoms with E-state index in [2.05, 4.69) is 15.6 Å². The van der Waals surface area contributed by atoms with Crippen molar-refractivity contribution in [3.05, 3.63) is 87.8 Å². The Morgan fingerprint density at radius 1 is 0.889 bits per heavy atom. The lowest BCUT2D eigenvalue weighted by Gasteiger charge is -2.12. The van der Waals surface area contributed by atoms with Crippen molar-refractivity contribution in [2.24, 2.45) is 0 Å². The molecular weight excluding hydrogens is 521 g/mol. The molecule has 0 radical (unpaired) electrons. The molecule has 10 heteroatoms. The summed E-state index contributed by atoms with van der Waals surface area (Å²) in [6.45, 7) is 0. The molecule has 0 spiro atoms. The summed E-state index contributed by atoms with van der Waals surface area (Å²) < 4.78 is 7.42. The first-order valence-corrected chi connectivity index (χ1v) is 12.6. The average molecular weight is 543 g/mol. The fourth-order valence-corrected chi connectivity index (χ4v) is 4.97. The summed E-state index contributed by atoms with van der Waals surface area (Å²) in [6, 6.07) is 15.1. The molecule has 7 nitrogen and oxygen atoms in total. The van der Waals surface area contributed by atoms with Gasteiger partial charge in [0.25, 0.3) is 0 Å². The zero-order valence-electron chi connectivity index (χ0n) is 19.0. The minimum atomic E-state index is -0.466. The monoisotopic (exact) mass is 541 g/mol. The van der Waals surface area contributed by atoms with Gasteiger partial charge in [-0.05, 0) is 55.3 Å². The number of hydrogen-bond acceptors (Lipinski definition) is 4. The van der Waals surface area contributed by atoms with E-state index in [4.69, 9.17) is 44.6 Å². The standard InChI is InChI=1S/C26H22Cl3N5O2/c27-17-11-18(28)13-19(12-17)34-25(15-24(33-34)16-3-1-2-4-16)32-26(35)31-23-6-5-21(14-22(23)29)36-20-7-9-30-10-8-20/h5-16H,1-4H2,(H2,31,32,35). The van der Waals surface area contributed by atoms with Gasteiger partial charge in [-0.25, -0.2) is 9.48 Å². The molecule has 2 aromatic heterocycles. The number of anilines is 2. The minimum Gasteiger partial charge on any atom is -0.457 e. The first-order chi connectivity index (χ1) is 17.4. The van der Waals surface area contributed by atoms with Crippen molar-refractivity contribution in [2.45, 2.75) is 31.6 Å². The molecule has 0 bridgehead atoms. The Bertz CT molecular complexity index is 1370. The maximum Gasteiger partial charge on any atom is 0.324 e. The largest absolute Gasteiger partial charge is 0.457 e. The van der Waals surface area contributed by atoms with Crippen molar-refractivity contribution in [1.82, 2.24) is 14.8 Å². The number of ether oxygens (including phenoxy) is 1. The molecule has 0 atom stereocenters. The molecule has 4 aromatic rings. The van der Waals surface area contributed by atoms with Crippen LogP contribution in [-0.2, 0) is 0 Å². The summed E-state index contributed by atoms with van der Waals surface area (Å²) in [7, 11) is 0. The van der Waals surface area contributed by atoms with Gasteiger partial charge in [0.1, 0.15) is 17.3 Å². The van der Waals surface area contributed by atoms with Crippen molar-refractivity contribution in [3.8, 4) is 17.2 Å². The highest BCUT2D eigenvalue weighted by atomic mass is 35.5. The summed E-state index contributed by atoms with van der Waals surface area (Å²) in [5, 5.41) is 11.8. The molecule has 1 fully saturated rings. The Kier molecular flexibility index (Phi) is 7.32. The van der Waals surface area contributed by atoms with Gasteiger partial charge in [0.05, 0.1) is 22.1 Å². The topological polar surface area (TPSA) is 81.1 Å². The minimum absolute atomic E-state index is 0.332. The van der Waals surface area contributed by atoms with Crippen LogP contribution in [0.2, 0.25) is 15.1 Å². The van der Waals surface area contributed by atoms with Crippen LogP contribution < -0.4 is 15.4 Å². The molecule has 184 valence electrons. The summed E-state index contributed by atoms with van der Waals surface area (Å²) in [6.07, 6.45) is 7.76. The Hall–Kier alpha value is -3.26. The Morgan fingerprint density at radius 3 is 2.31 bits per heavy atom. The number of benzene rings is 2. The van der Waals surface area contributed by atoms with Crippen molar-refractivity contribution in [2.75, 3.05) is 10.6 Å². The molecule has 2 aromatic carbocycles. The SMILES string of the molecule is O=C(Nc1ccc(Oc2ccncc2)cc1Cl)Nc1cc(C2CCCC2)nn1-c1cc(Cl)cc(Cl)c1. The van der Waals surface area contributed by atoms with Gasteiger partial charge in [-0.3, -0.25) is 10.3 Å². The Balaban J connectivity index is 1.35. The van der Waals surface area contributed by atoms with E-state index in [-0.39, 0.29) is 0 Å². The molecule has 2 amide bonds. The highest BCUT2D eigenvalue weighted by Crippen LogP contribution is 2.36. The molecule has 0 saturated heterocycles. The van der Waals surface area contributed by atoms with Crippen molar-refractivity contribution >= 4 is 52.3 Å². The molecule has 1 saturated carbocycles. The molecule has 1 aliphatic rings. The number of urea groups is 1. The summed E-state index contributed by atoms with van der Waals surface area (Å²) in [5.74, 6) is 2.02. The van der Waals surface area contributed by atoms with Crippen LogP contribution in [0.25, 0.3) is 5.69 Å². The van der Waals surface area contributed by atoms with Gasteiger partial charge in [0.15, 0.2) is 0 Å². The van der Waals surface area contributed by atoms with Crippen LogP contribution in [0.3, 0.4) is 0 Å². The van der Waals surface area contributed by atoms with E-state index in [1.54, 1.807) is 65.6 Å². The van der Waals surface area contributed by atoms with Crippen LogP contribution in [0.1, 0.15) is 37.3 Å². The quantitative estimate of drug-likeness (QED) is 0.257. The Morgan fingerprint density at radius 2 is 1.61 bits per heavy atom. The molecule has 0 aliphatic heterocycles. The van der Waals surface area contributed by atoms with Crippen LogP contribution in [-0.4, -0.2) is 20.8 Å². The van der Waals surface area contributed by atoms with Crippen LogP contribution in [0, 0.1) is 0 Å². The van der Waals surface area contributed by atoms with Gasteiger partial charge in [-0.1, -0.05) is 47.6 Å². The van der Waals surface area contributed by atoms with Gasteiger partial charge in [0, 0.05) is 40.5 Å². The van der Waals surface area contributed by atoms with Gasteiger partial charge in [-0.15, -0.1) is 0 Å². The van der Waals surface area contributed by atoms with Gasteiger partial charge >= 0.3 is 6.03 Å². The number of nitrogens with zero attached hydrogens (tertiary/aromatic N) is 3. The molecule has 5 rings (SSSR count). The van der Waals surface area contributed by atoms with Gasteiger partial charge in [0.2, 0.25) is 0 Å². The van der Waals surface area contributed by atoms with E-state index >= 15 is 0 Å². The number of pyridine rings is 1. The maximum atomic E-state index is 12.9. The molecular formula is C26H22Cl3N5O2. The fourth-order valence-electron chi connectivity index (χ4n) is 4.24. The third-order valence-corrected chi connectivity index (χ3v) is 6.66. The molecule has 1 aliphatic carbocycles. The molecule has 36 heavy (non-hydrogen) atoms. The van der Waals surface area contributed by atoms with E-state index in [1.807, 2.05) is 6.07 Å². The third-order valence-electron chi connectivity index (χ3n) is 5.91. The summed E-state index contributed by atoms with van der Waals surface area (Å²) >= 11 is 18.9. The van der Waals surface area contributed by atoms with E-state index in [9.17, 15) is 4.79 Å². The smallest absolute Gasteiger partial charge is 0.324 e. The molecule has 2 heterocycles. The maximum absolute atomic E-state index is 12.9. The van der Waals surface area contributed by atoms with E-state index in [0.717, 1.165) is 18.5 Å². The normalized spacial score (nSPS) is 13.5. The number of carbonyl (C=O) groups excluding carboxylic acids is 1. The van der Waals surface area contributed by atoms with E-state index in [1.165, 1.54) is 12.8 Å². The average Bonchev–Trinajstić information content (AvgIpc) is 3.51. The van der Waals surface area contributed by atoms with Crippen molar-refractivity contribution in [3.63, 3.8) is 0 Å². The number of carbonyl (C=O) groups is 1. The molecule has 2 N–H and O–H groups in total. The first-order valence-electron chi connectivity index (χ1n) is 11.5. The highest BCUT2D eigenvalue weighted by molar-refractivity contribution is 6.35. The second kappa shape index (κ2) is 10.8. The lowest BCUT2D eigenvalue weighted by molar-refractivity contribution is 0.262. The third kappa shape index (κ3) is 5.75. The number of rotatable bonds is 6. The van der Waals surface area contributed by atoms with Crippen LogP contribution in [0.5, 0.6) is 11.5 Å². The predicted molar refractivity (Wildman–Crippen MR) is 143 cm³/mol. The van der Waals surface area contributed by atoms with Crippen LogP contribution >= 0.6 is 34.8 Å². The van der Waals surface area contributed by atoms with Gasteiger partial charge in [-0.2, -0.15) is 5.10 Å². The van der Waals surface area contributed by atoms with Gasteiger partial charge < -0.3 is 10.1 Å². The zero-order valence-corrected chi connectivity index (χ0v) is 21.3. The first kappa shape index (κ1) is 24.4. The summed E-state index contributed by atoms with van der Waals surface area (Å²) in [5.41, 5.74) is 2.02. The zero-order chi connectivity index (χ0) is 25.1. The van der Waals surface area contributed by atoms with Crippen molar-refractivity contribution in [1.29, 1.82) is 0 Å². The lowest BCUT2D eigenvalue weighted by atomic mass is 10.0. The van der Waals surface area contributed by atoms with E-state index in [0.29, 0.717) is 49.7 Å². The number of amides is 2. The fraction of sp³-hybridized carbons (Fsp3) is 0.192.